The van der Waals surface area contributed by atoms with Crippen LogP contribution in [0.1, 0.15) is 48.5 Å². The van der Waals surface area contributed by atoms with Gasteiger partial charge in [0.15, 0.2) is 37.0 Å². The molecule has 2 saturated heterocycles. The first kappa shape index (κ1) is 29.9. The minimum atomic E-state index is -1.33. The van der Waals surface area contributed by atoms with E-state index in [1.807, 2.05) is 20.8 Å². The highest BCUT2D eigenvalue weighted by Gasteiger charge is 2.51. The van der Waals surface area contributed by atoms with Crippen LogP contribution in [0, 0.1) is 17.8 Å². The van der Waals surface area contributed by atoms with Gasteiger partial charge in [0.2, 0.25) is 0 Å². The van der Waals surface area contributed by atoms with Crippen LogP contribution >= 0.6 is 0 Å². The van der Waals surface area contributed by atoms with Crippen LogP contribution in [0.5, 0.6) is 0 Å². The van der Waals surface area contributed by atoms with Gasteiger partial charge in [-0.2, -0.15) is 0 Å². The predicted octanol–water partition coefficient (Wildman–Crippen LogP) is 1.37. The maximum absolute atomic E-state index is 12.1. The lowest BCUT2D eigenvalue weighted by atomic mass is 9.83. The molecule has 0 bridgehead atoms. The Morgan fingerprint density at radius 2 is 1.08 bits per heavy atom. The molecule has 0 aromatic carbocycles. The number of carbonyl (C=O) groups excluding carboxylic acids is 4. The van der Waals surface area contributed by atoms with Gasteiger partial charge in [0.05, 0.1) is 13.2 Å². The highest BCUT2D eigenvalue weighted by atomic mass is 16.7. The number of rotatable bonds is 7. The first-order valence-electron chi connectivity index (χ1n) is 12.0. The normalized spacial score (nSPS) is 37.1. The van der Waals surface area contributed by atoms with Crippen molar-refractivity contribution < 1.29 is 57.1 Å². The van der Waals surface area contributed by atoms with E-state index in [1.165, 1.54) is 27.9 Å². The summed E-state index contributed by atoms with van der Waals surface area (Å²) in [5, 5.41) is 0. The van der Waals surface area contributed by atoms with E-state index in [1.54, 1.807) is 0 Å². The summed E-state index contributed by atoms with van der Waals surface area (Å²) in [5.41, 5.74) is 0. The van der Waals surface area contributed by atoms with Gasteiger partial charge in [-0.3, -0.25) is 19.2 Å². The van der Waals surface area contributed by atoms with Crippen molar-refractivity contribution in [3.8, 4) is 0 Å². The zero-order chi connectivity index (χ0) is 27.2. The first-order chi connectivity index (χ1) is 16.8. The van der Waals surface area contributed by atoms with E-state index >= 15 is 0 Å². The monoisotopic (exact) mass is 518 g/mol. The number of ether oxygens (including phenoxy) is 8. The van der Waals surface area contributed by atoms with Crippen LogP contribution in [0.3, 0.4) is 0 Å². The SMILES string of the molecule is CO[C@H]1OC[C@@H](O[C@H]2OC[C@@H](C)[C@@H](C)[C@H](C)[C@@H]2OC(C)=O)[C@@H](OC(C)=O)[C@H](OC(C)=O)[C@@H]1OC(C)=O. The van der Waals surface area contributed by atoms with Crippen LogP contribution in [-0.4, -0.2) is 87.3 Å². The van der Waals surface area contributed by atoms with Gasteiger partial charge < -0.3 is 37.9 Å². The Morgan fingerprint density at radius 1 is 0.611 bits per heavy atom. The summed E-state index contributed by atoms with van der Waals surface area (Å²) in [5.74, 6) is -2.48. The molecule has 0 radical (unpaired) electrons. The Kier molecular flexibility index (Phi) is 11.1. The van der Waals surface area contributed by atoms with Gasteiger partial charge in [-0.05, 0) is 11.8 Å². The molecule has 10 atom stereocenters. The molecule has 12 heteroatoms. The maximum Gasteiger partial charge on any atom is 0.303 e. The molecule has 36 heavy (non-hydrogen) atoms. The van der Waals surface area contributed by atoms with Crippen LogP contribution in [-0.2, 0) is 57.1 Å². The third-order valence-electron chi connectivity index (χ3n) is 6.49. The summed E-state index contributed by atoms with van der Waals surface area (Å²) in [7, 11) is 1.32. The minimum absolute atomic E-state index is 0.137. The maximum atomic E-state index is 12.1. The Balaban J connectivity index is 2.49. The number of hydrogen-bond donors (Lipinski definition) is 0. The predicted molar refractivity (Wildman–Crippen MR) is 121 cm³/mol. The van der Waals surface area contributed by atoms with Crippen LogP contribution in [0.25, 0.3) is 0 Å². The van der Waals surface area contributed by atoms with Crippen molar-refractivity contribution in [2.24, 2.45) is 17.8 Å². The third kappa shape index (κ3) is 7.86. The molecular weight excluding hydrogens is 480 g/mol. The van der Waals surface area contributed by atoms with Crippen LogP contribution in [0.4, 0.5) is 0 Å². The van der Waals surface area contributed by atoms with Gasteiger partial charge >= 0.3 is 23.9 Å². The summed E-state index contributed by atoms with van der Waals surface area (Å²) in [6.07, 6.45) is -7.94. The summed E-state index contributed by atoms with van der Waals surface area (Å²) >= 11 is 0. The molecule has 0 aromatic heterocycles. The van der Waals surface area contributed by atoms with Crippen molar-refractivity contribution in [3.05, 3.63) is 0 Å². The third-order valence-corrected chi connectivity index (χ3v) is 6.49. The number of carbonyl (C=O) groups is 4. The van der Waals surface area contributed by atoms with E-state index in [-0.39, 0.29) is 24.4 Å². The molecule has 0 aromatic rings. The lowest BCUT2D eigenvalue weighted by Gasteiger charge is -2.36. The molecule has 0 aliphatic carbocycles. The average molecular weight is 519 g/mol. The van der Waals surface area contributed by atoms with Crippen molar-refractivity contribution in [3.63, 3.8) is 0 Å². The van der Waals surface area contributed by atoms with E-state index in [0.29, 0.717) is 6.61 Å². The molecule has 12 nitrogen and oxygen atoms in total. The Bertz CT molecular complexity index is 785. The van der Waals surface area contributed by atoms with Gasteiger partial charge in [-0.15, -0.1) is 0 Å². The van der Waals surface area contributed by atoms with Gasteiger partial charge in [0, 0.05) is 40.7 Å². The molecule has 0 N–H and O–H groups in total. The fourth-order valence-electron chi connectivity index (χ4n) is 4.43. The number of esters is 4. The summed E-state index contributed by atoms with van der Waals surface area (Å²) in [6.45, 7) is 10.9. The van der Waals surface area contributed by atoms with Crippen LogP contribution in [0.15, 0.2) is 0 Å². The fourth-order valence-corrected chi connectivity index (χ4v) is 4.43. The Morgan fingerprint density at radius 3 is 1.61 bits per heavy atom. The van der Waals surface area contributed by atoms with E-state index < -0.39 is 67.0 Å². The van der Waals surface area contributed by atoms with E-state index in [0.717, 1.165) is 6.92 Å². The second-order valence-corrected chi connectivity index (χ2v) is 9.31. The van der Waals surface area contributed by atoms with Crippen molar-refractivity contribution in [2.45, 2.75) is 91.6 Å². The lowest BCUT2D eigenvalue weighted by molar-refractivity contribution is -0.256. The number of methoxy groups -OCH3 is 1. The largest absolute Gasteiger partial charge is 0.457 e. The van der Waals surface area contributed by atoms with E-state index in [4.69, 9.17) is 37.9 Å². The first-order valence-corrected chi connectivity index (χ1v) is 12.0. The van der Waals surface area contributed by atoms with Crippen LogP contribution < -0.4 is 0 Å². The Hall–Kier alpha value is -2.28. The molecule has 2 aliphatic heterocycles. The lowest BCUT2D eigenvalue weighted by Crippen LogP contribution is -2.54. The highest BCUT2D eigenvalue weighted by molar-refractivity contribution is 5.68. The molecule has 0 unspecified atom stereocenters. The van der Waals surface area contributed by atoms with Crippen molar-refractivity contribution in [2.75, 3.05) is 20.3 Å². The summed E-state index contributed by atoms with van der Waals surface area (Å²) in [4.78, 5) is 47.8. The quantitative estimate of drug-likeness (QED) is 0.355. The van der Waals surface area contributed by atoms with E-state index in [2.05, 4.69) is 0 Å². The van der Waals surface area contributed by atoms with Crippen LogP contribution in [0.2, 0.25) is 0 Å². The van der Waals surface area contributed by atoms with Crippen molar-refractivity contribution in [1.29, 1.82) is 0 Å². The van der Waals surface area contributed by atoms with Crippen molar-refractivity contribution in [1.82, 2.24) is 0 Å². The topological polar surface area (TPSA) is 142 Å². The highest BCUT2D eigenvalue weighted by Crippen LogP contribution is 2.34. The molecule has 2 fully saturated rings. The molecular formula is C24H38O12. The van der Waals surface area contributed by atoms with Gasteiger partial charge in [0.1, 0.15) is 6.10 Å². The molecule has 2 aliphatic rings. The smallest absolute Gasteiger partial charge is 0.303 e. The molecule has 206 valence electrons. The second kappa shape index (κ2) is 13.3. The molecule has 0 saturated carbocycles. The van der Waals surface area contributed by atoms with Crippen molar-refractivity contribution >= 4 is 23.9 Å². The van der Waals surface area contributed by atoms with Gasteiger partial charge in [-0.25, -0.2) is 0 Å². The zero-order valence-electron chi connectivity index (χ0n) is 22.1. The van der Waals surface area contributed by atoms with Gasteiger partial charge in [-0.1, -0.05) is 20.8 Å². The minimum Gasteiger partial charge on any atom is -0.457 e. The summed E-state index contributed by atoms with van der Waals surface area (Å²) < 4.78 is 45.3. The van der Waals surface area contributed by atoms with E-state index in [9.17, 15) is 19.2 Å². The zero-order valence-corrected chi connectivity index (χ0v) is 22.1. The molecule has 0 amide bonds. The number of hydrogen-bond acceptors (Lipinski definition) is 12. The average Bonchev–Trinajstić information content (AvgIpc) is 2.95. The second-order valence-electron chi connectivity index (χ2n) is 9.31. The molecule has 2 heterocycles. The Labute approximate surface area is 211 Å². The summed E-state index contributed by atoms with van der Waals surface area (Å²) in [6, 6.07) is 0. The molecule has 0 spiro atoms. The van der Waals surface area contributed by atoms with Gasteiger partial charge in [0.25, 0.3) is 0 Å². The fraction of sp³-hybridized carbons (Fsp3) is 0.833. The standard InChI is InChI=1S/C24H38O12/c1-11-9-30-24(19(32-14(4)25)13(3)12(11)2)36-18-10-31-23(29-8)22(35-17(7)28)21(34-16(6)27)20(18)33-15(5)26/h11-13,18-24H,9-10H2,1-8H3/t11-,12-,13+,18-,19+,20-,21+,22+,23+,24-/m1/s1. The molecule has 2 rings (SSSR count).